The summed E-state index contributed by atoms with van der Waals surface area (Å²) >= 11 is 0. The van der Waals surface area contributed by atoms with Crippen molar-refractivity contribution in [3.63, 3.8) is 0 Å². The first kappa shape index (κ1) is 15.4. The smallest absolute Gasteiger partial charge is 0.127 e. The van der Waals surface area contributed by atoms with Gasteiger partial charge in [0.05, 0.1) is 0 Å². The Morgan fingerprint density at radius 2 is 1.48 bits per heavy atom. The summed E-state index contributed by atoms with van der Waals surface area (Å²) < 4.78 is 45.0. The van der Waals surface area contributed by atoms with E-state index in [0.29, 0.717) is 23.3 Å². The van der Waals surface area contributed by atoms with E-state index in [2.05, 4.69) is 0 Å². The van der Waals surface area contributed by atoms with Crippen molar-refractivity contribution in [3.05, 3.63) is 65.0 Å². The number of benzene rings is 2. The first-order valence-electron chi connectivity index (χ1n) is 6.55. The van der Waals surface area contributed by atoms with Crippen molar-refractivity contribution in [3.8, 4) is 5.75 Å². The lowest BCUT2D eigenvalue weighted by Crippen LogP contribution is -2.17. The van der Waals surface area contributed by atoms with Crippen molar-refractivity contribution >= 4 is 0 Å². The second-order valence-electron chi connectivity index (χ2n) is 5.04. The predicted octanol–water partition coefficient (Wildman–Crippen LogP) is 3.57. The zero-order valence-electron chi connectivity index (χ0n) is 11.6. The summed E-state index contributed by atoms with van der Waals surface area (Å²) in [7, 11) is 0. The number of ether oxygens (including phenoxy) is 1. The predicted molar refractivity (Wildman–Crippen MR) is 74.4 cm³/mol. The van der Waals surface area contributed by atoms with Gasteiger partial charge in [-0.3, -0.25) is 0 Å². The normalized spacial score (nSPS) is 12.2. The quantitative estimate of drug-likeness (QED) is 0.915. The monoisotopic (exact) mass is 295 g/mol. The summed E-state index contributed by atoms with van der Waals surface area (Å²) in [5.41, 5.74) is 6.73. The van der Waals surface area contributed by atoms with Crippen molar-refractivity contribution in [2.45, 2.75) is 26.0 Å². The minimum atomic E-state index is -0.675. The Hall–Kier alpha value is -2.01. The molecular weight excluding hydrogens is 279 g/mol. The average molecular weight is 295 g/mol. The van der Waals surface area contributed by atoms with Crippen LogP contribution in [0.15, 0.2) is 36.4 Å². The maximum atomic E-state index is 13.5. The van der Waals surface area contributed by atoms with Crippen molar-refractivity contribution in [2.75, 3.05) is 0 Å². The molecule has 0 saturated heterocycles. The minimum absolute atomic E-state index is 0.0459. The zero-order valence-corrected chi connectivity index (χ0v) is 11.6. The fraction of sp³-hybridized carbons (Fsp3) is 0.250. The Morgan fingerprint density at radius 1 is 0.905 bits per heavy atom. The minimum Gasteiger partial charge on any atom is -0.489 e. The highest BCUT2D eigenvalue weighted by Gasteiger charge is 2.06. The van der Waals surface area contributed by atoms with Gasteiger partial charge in [0.15, 0.2) is 0 Å². The molecule has 2 nitrogen and oxygen atoms in total. The molecule has 21 heavy (non-hydrogen) atoms. The van der Waals surface area contributed by atoms with Gasteiger partial charge in [-0.15, -0.1) is 0 Å². The fourth-order valence-electron chi connectivity index (χ4n) is 2.05. The van der Waals surface area contributed by atoms with E-state index in [-0.39, 0.29) is 12.6 Å². The van der Waals surface area contributed by atoms with Crippen molar-refractivity contribution in [1.29, 1.82) is 0 Å². The first-order valence-corrected chi connectivity index (χ1v) is 6.55. The van der Waals surface area contributed by atoms with E-state index >= 15 is 0 Å². The van der Waals surface area contributed by atoms with Gasteiger partial charge < -0.3 is 10.5 Å². The van der Waals surface area contributed by atoms with Crippen LogP contribution < -0.4 is 10.5 Å². The highest BCUT2D eigenvalue weighted by Crippen LogP contribution is 2.19. The second-order valence-corrected chi connectivity index (χ2v) is 5.04. The van der Waals surface area contributed by atoms with Crippen molar-refractivity contribution in [2.24, 2.45) is 5.73 Å². The molecule has 0 spiro atoms. The Kier molecular flexibility index (Phi) is 4.85. The molecular formula is C16H16F3NO. The first-order chi connectivity index (χ1) is 9.92. The maximum Gasteiger partial charge on any atom is 0.127 e. The third-order valence-corrected chi connectivity index (χ3v) is 2.82. The van der Waals surface area contributed by atoms with E-state index in [1.54, 1.807) is 6.07 Å². The summed E-state index contributed by atoms with van der Waals surface area (Å²) in [6.07, 6.45) is 0.517. The van der Waals surface area contributed by atoms with E-state index in [9.17, 15) is 13.2 Å². The van der Waals surface area contributed by atoms with Gasteiger partial charge in [0.1, 0.15) is 29.8 Å². The van der Waals surface area contributed by atoms with Gasteiger partial charge in [-0.25, -0.2) is 13.2 Å². The van der Waals surface area contributed by atoms with Crippen LogP contribution in [0, 0.1) is 17.5 Å². The molecule has 5 heteroatoms. The molecule has 0 heterocycles. The number of nitrogens with two attached hydrogens (primary N) is 1. The van der Waals surface area contributed by atoms with Crippen LogP contribution in [0.3, 0.4) is 0 Å². The maximum absolute atomic E-state index is 13.5. The number of hydrogen-bond acceptors (Lipinski definition) is 2. The standard InChI is InChI=1S/C16H16F3NO/c1-10(20)2-11-3-15(19)8-16(6-11)21-9-12-4-13(17)7-14(18)5-12/h3-8,10H,2,9,20H2,1H3. The summed E-state index contributed by atoms with van der Waals surface area (Å²) in [5.74, 6) is -1.49. The number of halogens is 3. The Balaban J connectivity index is 2.10. The molecule has 0 fully saturated rings. The van der Waals surface area contributed by atoms with Crippen LogP contribution in [0.25, 0.3) is 0 Å². The highest BCUT2D eigenvalue weighted by molar-refractivity contribution is 5.30. The van der Waals surface area contributed by atoms with Gasteiger partial charge in [0.2, 0.25) is 0 Å². The lowest BCUT2D eigenvalue weighted by atomic mass is 10.1. The molecule has 2 N–H and O–H groups in total. The molecule has 1 unspecified atom stereocenters. The number of hydrogen-bond donors (Lipinski definition) is 1. The molecule has 2 rings (SSSR count). The van der Waals surface area contributed by atoms with E-state index < -0.39 is 17.5 Å². The molecule has 1 atom stereocenters. The van der Waals surface area contributed by atoms with Crippen LogP contribution in [0.5, 0.6) is 5.75 Å². The topological polar surface area (TPSA) is 35.2 Å². The molecule has 112 valence electrons. The Labute approximate surface area is 121 Å². The lowest BCUT2D eigenvalue weighted by molar-refractivity contribution is 0.302. The lowest BCUT2D eigenvalue weighted by Gasteiger charge is -2.10. The van der Waals surface area contributed by atoms with Crippen LogP contribution in [-0.4, -0.2) is 6.04 Å². The SMILES string of the molecule is CC(N)Cc1cc(F)cc(OCc2cc(F)cc(F)c2)c1. The van der Waals surface area contributed by atoms with Crippen molar-refractivity contribution < 1.29 is 17.9 Å². The molecule has 0 aliphatic rings. The number of rotatable bonds is 5. The summed E-state index contributed by atoms with van der Waals surface area (Å²) in [6, 6.07) is 7.31. The van der Waals surface area contributed by atoms with Gasteiger partial charge in [0.25, 0.3) is 0 Å². The molecule has 0 radical (unpaired) electrons. The molecule has 0 saturated carbocycles. The largest absolute Gasteiger partial charge is 0.489 e. The van der Waals surface area contributed by atoms with Gasteiger partial charge in [-0.05, 0) is 48.7 Å². The van der Waals surface area contributed by atoms with Gasteiger partial charge in [0, 0.05) is 18.2 Å². The zero-order chi connectivity index (χ0) is 15.4. The van der Waals surface area contributed by atoms with Crippen molar-refractivity contribution in [1.82, 2.24) is 0 Å². The Bertz CT molecular complexity index is 609. The summed E-state index contributed by atoms with van der Waals surface area (Å²) in [6.45, 7) is 1.77. The fourth-order valence-corrected chi connectivity index (χ4v) is 2.05. The van der Waals surface area contributed by atoms with Gasteiger partial charge >= 0.3 is 0 Å². The van der Waals surface area contributed by atoms with Crippen LogP contribution >= 0.6 is 0 Å². The average Bonchev–Trinajstić information content (AvgIpc) is 2.33. The molecule has 2 aromatic rings. The van der Waals surface area contributed by atoms with E-state index in [0.717, 1.165) is 6.07 Å². The molecule has 0 bridgehead atoms. The molecule has 0 aromatic heterocycles. The van der Waals surface area contributed by atoms with E-state index in [1.165, 1.54) is 24.3 Å². The third-order valence-electron chi connectivity index (χ3n) is 2.82. The third kappa shape index (κ3) is 4.79. The van der Waals surface area contributed by atoms with Crippen LogP contribution in [0.2, 0.25) is 0 Å². The summed E-state index contributed by atoms with van der Waals surface area (Å²) in [5, 5.41) is 0. The van der Waals surface area contributed by atoms with Gasteiger partial charge in [-0.1, -0.05) is 0 Å². The van der Waals surface area contributed by atoms with Crippen LogP contribution in [-0.2, 0) is 13.0 Å². The van der Waals surface area contributed by atoms with Crippen LogP contribution in [0.4, 0.5) is 13.2 Å². The Morgan fingerprint density at radius 3 is 2.10 bits per heavy atom. The van der Waals surface area contributed by atoms with Crippen LogP contribution in [0.1, 0.15) is 18.1 Å². The molecule has 0 aliphatic heterocycles. The molecule has 2 aromatic carbocycles. The molecule has 0 aliphatic carbocycles. The second kappa shape index (κ2) is 6.63. The molecule has 0 amide bonds. The van der Waals surface area contributed by atoms with Gasteiger partial charge in [-0.2, -0.15) is 0 Å². The highest BCUT2D eigenvalue weighted by atomic mass is 19.1. The van der Waals surface area contributed by atoms with E-state index in [4.69, 9.17) is 10.5 Å². The van der Waals surface area contributed by atoms with E-state index in [1.807, 2.05) is 6.92 Å². The summed E-state index contributed by atoms with van der Waals surface area (Å²) in [4.78, 5) is 0.